The first-order valence-electron chi connectivity index (χ1n) is 8.23. The van der Waals surface area contributed by atoms with Crippen molar-refractivity contribution in [1.82, 2.24) is 19.8 Å². The molecule has 1 N–H and O–H groups in total. The summed E-state index contributed by atoms with van der Waals surface area (Å²) < 4.78 is 2.16. The molecule has 0 aliphatic carbocycles. The van der Waals surface area contributed by atoms with E-state index >= 15 is 0 Å². The fraction of sp³-hybridized carbons (Fsp3) is 0.389. The van der Waals surface area contributed by atoms with Crippen LogP contribution in [-0.4, -0.2) is 39.4 Å². The van der Waals surface area contributed by atoms with Crippen molar-refractivity contribution in [1.29, 1.82) is 0 Å². The number of carbonyl (C=O) groups is 2. The smallest absolute Gasteiger partial charge is 0.234 e. The fourth-order valence-corrected chi connectivity index (χ4v) is 3.89. The topological polar surface area (TPSA) is 67.2 Å². The van der Waals surface area contributed by atoms with E-state index in [1.807, 2.05) is 24.3 Å². The van der Waals surface area contributed by atoms with Gasteiger partial charge in [-0.15, -0.1) is 6.58 Å². The maximum absolute atomic E-state index is 12.1. The maximum atomic E-state index is 12.1. The zero-order valence-corrected chi connectivity index (χ0v) is 13.5. The van der Waals surface area contributed by atoms with Gasteiger partial charge in [0.2, 0.25) is 11.8 Å². The van der Waals surface area contributed by atoms with E-state index < -0.39 is 5.41 Å². The number of aromatic nitrogens is 2. The van der Waals surface area contributed by atoms with E-state index in [9.17, 15) is 9.59 Å². The highest BCUT2D eigenvalue weighted by Crippen LogP contribution is 2.38. The van der Waals surface area contributed by atoms with Gasteiger partial charge in [0.05, 0.1) is 23.0 Å². The third kappa shape index (κ3) is 2.34. The second-order valence-electron chi connectivity index (χ2n) is 6.71. The molecule has 2 aliphatic rings. The van der Waals surface area contributed by atoms with Crippen LogP contribution in [0.4, 0.5) is 0 Å². The minimum Gasteiger partial charge on any atom is -0.323 e. The summed E-state index contributed by atoms with van der Waals surface area (Å²) in [5.74, 6) is 0.702. The van der Waals surface area contributed by atoms with Gasteiger partial charge in [0, 0.05) is 19.5 Å². The highest BCUT2D eigenvalue weighted by atomic mass is 16.2. The number of hydrogen-bond donors (Lipinski definition) is 1. The molecule has 1 aromatic heterocycles. The molecule has 0 radical (unpaired) electrons. The van der Waals surface area contributed by atoms with Crippen molar-refractivity contribution in [2.24, 2.45) is 5.41 Å². The number of fused-ring (bicyclic) bond motifs is 1. The SMILES string of the molecule is C=CCn1c(CN2CC[C@@]3(CC(=O)NC3=O)C2)nc2ccccc21. The number of allylic oxidation sites excluding steroid dienone is 1. The van der Waals surface area contributed by atoms with E-state index in [-0.39, 0.29) is 11.8 Å². The summed E-state index contributed by atoms with van der Waals surface area (Å²) in [6.07, 6.45) is 2.91. The molecule has 24 heavy (non-hydrogen) atoms. The van der Waals surface area contributed by atoms with Crippen LogP contribution in [0.15, 0.2) is 36.9 Å². The van der Waals surface area contributed by atoms with E-state index in [0.29, 0.717) is 26.1 Å². The Hall–Kier alpha value is -2.47. The first-order valence-corrected chi connectivity index (χ1v) is 8.23. The van der Waals surface area contributed by atoms with Crippen LogP contribution in [0.5, 0.6) is 0 Å². The molecule has 1 aromatic carbocycles. The number of rotatable bonds is 4. The molecule has 2 amide bonds. The van der Waals surface area contributed by atoms with Crippen molar-refractivity contribution in [2.45, 2.75) is 25.9 Å². The highest BCUT2D eigenvalue weighted by molar-refractivity contribution is 6.06. The summed E-state index contributed by atoms with van der Waals surface area (Å²) in [6, 6.07) is 8.06. The van der Waals surface area contributed by atoms with Crippen molar-refractivity contribution < 1.29 is 9.59 Å². The second kappa shape index (κ2) is 5.56. The Morgan fingerprint density at radius 3 is 2.92 bits per heavy atom. The van der Waals surface area contributed by atoms with Crippen molar-refractivity contribution in [3.8, 4) is 0 Å². The number of para-hydroxylation sites is 2. The van der Waals surface area contributed by atoms with Crippen molar-refractivity contribution in [3.05, 3.63) is 42.7 Å². The summed E-state index contributed by atoms with van der Waals surface area (Å²) in [5, 5.41) is 2.45. The molecule has 6 nitrogen and oxygen atoms in total. The van der Waals surface area contributed by atoms with Gasteiger partial charge in [-0.05, 0) is 25.1 Å². The lowest BCUT2D eigenvalue weighted by Crippen LogP contribution is -2.34. The minimum absolute atomic E-state index is 0.116. The quantitative estimate of drug-likeness (QED) is 0.683. The molecule has 0 bridgehead atoms. The van der Waals surface area contributed by atoms with Gasteiger partial charge in [-0.3, -0.25) is 19.8 Å². The zero-order chi connectivity index (χ0) is 16.7. The molecular formula is C18H20N4O2. The Balaban J connectivity index is 1.59. The monoisotopic (exact) mass is 324 g/mol. The van der Waals surface area contributed by atoms with Gasteiger partial charge in [-0.25, -0.2) is 4.98 Å². The lowest BCUT2D eigenvalue weighted by atomic mass is 9.85. The number of benzene rings is 1. The number of nitrogens with zero attached hydrogens (tertiary/aromatic N) is 3. The molecule has 0 saturated carbocycles. The summed E-state index contributed by atoms with van der Waals surface area (Å²) >= 11 is 0. The van der Waals surface area contributed by atoms with Gasteiger partial charge in [0.25, 0.3) is 0 Å². The lowest BCUT2D eigenvalue weighted by molar-refractivity contribution is -0.128. The zero-order valence-electron chi connectivity index (χ0n) is 13.5. The third-order valence-electron chi connectivity index (χ3n) is 5.08. The van der Waals surface area contributed by atoms with Gasteiger partial charge >= 0.3 is 0 Å². The molecule has 2 aromatic rings. The van der Waals surface area contributed by atoms with Crippen LogP contribution in [0.25, 0.3) is 11.0 Å². The molecule has 1 atom stereocenters. The number of nitrogens with one attached hydrogen (secondary N) is 1. The Labute approximate surface area is 140 Å². The normalized spacial score (nSPS) is 24.2. The fourth-order valence-electron chi connectivity index (χ4n) is 3.89. The van der Waals surface area contributed by atoms with Crippen LogP contribution < -0.4 is 5.32 Å². The Bertz CT molecular complexity index is 841. The summed E-state index contributed by atoms with van der Waals surface area (Å²) in [4.78, 5) is 30.7. The van der Waals surface area contributed by atoms with Gasteiger partial charge in [-0.1, -0.05) is 18.2 Å². The second-order valence-corrected chi connectivity index (χ2v) is 6.71. The largest absolute Gasteiger partial charge is 0.323 e. The minimum atomic E-state index is -0.535. The molecule has 124 valence electrons. The maximum Gasteiger partial charge on any atom is 0.234 e. The number of amides is 2. The van der Waals surface area contributed by atoms with Crippen molar-refractivity contribution >= 4 is 22.8 Å². The van der Waals surface area contributed by atoms with E-state index in [0.717, 1.165) is 29.8 Å². The molecule has 6 heteroatoms. The summed E-state index contributed by atoms with van der Waals surface area (Å²) in [7, 11) is 0. The Kier molecular flexibility index (Phi) is 3.49. The Morgan fingerprint density at radius 1 is 1.33 bits per heavy atom. The predicted molar refractivity (Wildman–Crippen MR) is 90.0 cm³/mol. The lowest BCUT2D eigenvalue weighted by Gasteiger charge is -2.20. The number of likely N-dealkylation sites (tertiary alicyclic amines) is 1. The molecular weight excluding hydrogens is 304 g/mol. The molecule has 3 heterocycles. The van der Waals surface area contributed by atoms with E-state index in [1.165, 1.54) is 0 Å². The predicted octanol–water partition coefficient (Wildman–Crippen LogP) is 1.46. The molecule has 1 spiro atoms. The van der Waals surface area contributed by atoms with Gasteiger partial charge in [-0.2, -0.15) is 0 Å². The van der Waals surface area contributed by atoms with Gasteiger partial charge in [0.15, 0.2) is 0 Å². The van der Waals surface area contributed by atoms with Crippen LogP contribution in [0.1, 0.15) is 18.7 Å². The summed E-state index contributed by atoms with van der Waals surface area (Å²) in [5.41, 5.74) is 1.53. The highest BCUT2D eigenvalue weighted by Gasteiger charge is 2.50. The average molecular weight is 324 g/mol. The van der Waals surface area contributed by atoms with E-state index in [4.69, 9.17) is 4.98 Å². The molecule has 4 rings (SSSR count). The average Bonchev–Trinajstić information content (AvgIpc) is 3.19. The van der Waals surface area contributed by atoms with Crippen molar-refractivity contribution in [2.75, 3.05) is 13.1 Å². The van der Waals surface area contributed by atoms with Crippen molar-refractivity contribution in [3.63, 3.8) is 0 Å². The summed E-state index contributed by atoms with van der Waals surface area (Å²) in [6.45, 7) is 6.63. The van der Waals surface area contributed by atoms with Crippen LogP contribution in [0.3, 0.4) is 0 Å². The first-order chi connectivity index (χ1) is 11.6. The van der Waals surface area contributed by atoms with E-state index in [1.54, 1.807) is 0 Å². The number of hydrogen-bond acceptors (Lipinski definition) is 4. The Morgan fingerprint density at radius 2 is 2.17 bits per heavy atom. The van der Waals surface area contributed by atoms with E-state index in [2.05, 4.69) is 27.4 Å². The van der Waals surface area contributed by atoms with Crippen LogP contribution in [0, 0.1) is 5.41 Å². The number of carbonyl (C=O) groups excluding carboxylic acids is 2. The molecule has 2 saturated heterocycles. The standard InChI is InChI=1S/C18H20N4O2/c1-2-8-22-14-6-4-3-5-13(14)19-15(22)11-21-9-7-18(12-21)10-16(23)20-17(18)24/h2-6H,1,7-12H2,(H,20,23,24)/t18-/m1/s1. The molecule has 0 unspecified atom stereocenters. The van der Waals surface area contributed by atoms with Gasteiger partial charge in [0.1, 0.15) is 5.82 Å². The van der Waals surface area contributed by atoms with Gasteiger partial charge < -0.3 is 4.57 Å². The van der Waals surface area contributed by atoms with Crippen LogP contribution in [-0.2, 0) is 22.7 Å². The van der Waals surface area contributed by atoms with Crippen LogP contribution >= 0.6 is 0 Å². The number of imide groups is 1. The number of imidazole rings is 1. The first kappa shape index (κ1) is 15.1. The molecule has 2 aliphatic heterocycles. The van der Waals surface area contributed by atoms with Crippen LogP contribution in [0.2, 0.25) is 0 Å². The molecule has 2 fully saturated rings. The third-order valence-corrected chi connectivity index (χ3v) is 5.08.